The number of rotatable bonds is 13. The van der Waals surface area contributed by atoms with Gasteiger partial charge in [-0.25, -0.2) is 0 Å². The van der Waals surface area contributed by atoms with Gasteiger partial charge in [0.05, 0.1) is 18.8 Å². The number of carbonyl (C=O) groups excluding carboxylic acids is 2. The molecule has 188 valence electrons. The molecule has 2 aliphatic rings. The molecule has 2 aliphatic heterocycles. The minimum Gasteiger partial charge on any atom is -0.389 e. The molecule has 2 aromatic carbocycles. The van der Waals surface area contributed by atoms with Crippen molar-refractivity contribution in [1.29, 1.82) is 0 Å². The van der Waals surface area contributed by atoms with Gasteiger partial charge in [0.15, 0.2) is 0 Å². The van der Waals surface area contributed by atoms with Gasteiger partial charge in [0.1, 0.15) is 0 Å². The molecule has 7 heteroatoms. The van der Waals surface area contributed by atoms with E-state index in [9.17, 15) is 19.8 Å². The molecule has 1 unspecified atom stereocenters. The predicted molar refractivity (Wildman–Crippen MR) is 135 cm³/mol. The van der Waals surface area contributed by atoms with Gasteiger partial charge < -0.3 is 14.9 Å². The number of fused-ring (bicyclic) bond motifs is 1. The second-order valence-electron chi connectivity index (χ2n) is 9.56. The van der Waals surface area contributed by atoms with Crippen LogP contribution >= 0.6 is 0 Å². The van der Waals surface area contributed by atoms with Crippen molar-refractivity contribution >= 4 is 22.6 Å². The fourth-order valence-corrected chi connectivity index (χ4v) is 5.07. The number of hydrogen-bond donors (Lipinski definition) is 2. The molecule has 4 rings (SSSR count). The number of nitrogens with zero attached hydrogens (tertiary/aromatic N) is 2. The van der Waals surface area contributed by atoms with Crippen molar-refractivity contribution in [3.8, 4) is 0 Å². The lowest BCUT2D eigenvalue weighted by atomic mass is 9.97. The van der Waals surface area contributed by atoms with Crippen LogP contribution in [0.2, 0.25) is 0 Å². The number of unbranched alkanes of at least 4 members (excludes halogenated alkanes) is 3. The molecule has 3 atom stereocenters. The first-order valence-electron chi connectivity index (χ1n) is 12.7. The Morgan fingerprint density at radius 2 is 1.69 bits per heavy atom. The molecule has 2 amide bonds. The molecule has 1 saturated heterocycles. The van der Waals surface area contributed by atoms with Gasteiger partial charge >= 0.3 is 0 Å². The fraction of sp³-hybridized carbons (Fsp3) is 0.500. The fourth-order valence-electron chi connectivity index (χ4n) is 5.07. The number of hydrogen-bond acceptors (Lipinski definition) is 6. The molecule has 0 saturated carbocycles. The largest absolute Gasteiger partial charge is 0.389 e. The van der Waals surface area contributed by atoms with Crippen LogP contribution in [0.15, 0.2) is 54.6 Å². The molecule has 0 spiro atoms. The zero-order chi connectivity index (χ0) is 24.6. The molecule has 1 fully saturated rings. The van der Waals surface area contributed by atoms with Crippen LogP contribution in [0.4, 0.5) is 0 Å². The molecule has 0 aliphatic carbocycles. The van der Waals surface area contributed by atoms with Gasteiger partial charge in [-0.3, -0.25) is 19.4 Å². The summed E-state index contributed by atoms with van der Waals surface area (Å²) in [6, 6.07) is 14.3. The molecule has 7 nitrogen and oxygen atoms in total. The minimum atomic E-state index is -0.598. The van der Waals surface area contributed by atoms with Crippen LogP contribution < -0.4 is 0 Å². The summed E-state index contributed by atoms with van der Waals surface area (Å²) >= 11 is 0. The first kappa shape index (κ1) is 25.5. The Hall–Kier alpha value is -2.58. The van der Waals surface area contributed by atoms with E-state index < -0.39 is 12.2 Å². The third-order valence-corrected chi connectivity index (χ3v) is 6.97. The summed E-state index contributed by atoms with van der Waals surface area (Å²) in [7, 11) is 0. The Morgan fingerprint density at radius 3 is 2.49 bits per heavy atom. The molecule has 2 heterocycles. The van der Waals surface area contributed by atoms with Crippen molar-refractivity contribution in [3.05, 3.63) is 60.2 Å². The summed E-state index contributed by atoms with van der Waals surface area (Å²) in [5, 5.41) is 23.9. The lowest BCUT2D eigenvalue weighted by molar-refractivity contribution is -0.136. The first-order valence-corrected chi connectivity index (χ1v) is 12.7. The van der Waals surface area contributed by atoms with Crippen molar-refractivity contribution in [2.45, 2.75) is 56.8 Å². The first-order chi connectivity index (χ1) is 17.0. The zero-order valence-corrected chi connectivity index (χ0v) is 20.2. The molecule has 35 heavy (non-hydrogen) atoms. The third-order valence-electron chi connectivity index (χ3n) is 6.97. The average molecular weight is 481 g/mol. The number of ether oxygens (including phenoxy) is 1. The third kappa shape index (κ3) is 6.76. The van der Waals surface area contributed by atoms with Crippen molar-refractivity contribution in [2.24, 2.45) is 0 Å². The highest BCUT2D eigenvalue weighted by molar-refractivity contribution is 6.12. The number of imide groups is 1. The number of benzene rings is 2. The Kier molecular flexibility index (Phi) is 9.04. The average Bonchev–Trinajstić information content (AvgIpc) is 3.45. The van der Waals surface area contributed by atoms with Crippen molar-refractivity contribution < 1.29 is 24.5 Å². The van der Waals surface area contributed by atoms with E-state index >= 15 is 0 Å². The Balaban J connectivity index is 1.12. The number of aliphatic hydroxyl groups excluding tert-OH is 2. The van der Waals surface area contributed by atoms with Crippen LogP contribution in [0.25, 0.3) is 10.8 Å². The van der Waals surface area contributed by atoms with Crippen LogP contribution in [-0.4, -0.2) is 76.8 Å². The summed E-state index contributed by atoms with van der Waals surface area (Å²) in [4.78, 5) is 26.5. The summed E-state index contributed by atoms with van der Waals surface area (Å²) in [5.41, 5.74) is 0.918. The Bertz CT molecular complexity index is 1020. The molecular formula is C28H36N2O5. The zero-order valence-electron chi connectivity index (χ0n) is 20.2. The number of amides is 2. The molecular weight excluding hydrogens is 444 g/mol. The highest BCUT2D eigenvalue weighted by Gasteiger charge is 2.32. The predicted octanol–water partition coefficient (Wildman–Crippen LogP) is 3.20. The van der Waals surface area contributed by atoms with E-state index in [1.165, 1.54) is 17.1 Å². The Labute approximate surface area is 207 Å². The molecule has 0 radical (unpaired) electrons. The maximum atomic E-state index is 11.5. The van der Waals surface area contributed by atoms with Gasteiger partial charge in [0.2, 0.25) is 0 Å². The monoisotopic (exact) mass is 480 g/mol. The van der Waals surface area contributed by atoms with Crippen molar-refractivity contribution in [2.75, 3.05) is 32.8 Å². The van der Waals surface area contributed by atoms with E-state index in [0.717, 1.165) is 61.4 Å². The number of likely N-dealkylation sites (tertiary alicyclic amines) is 1. The lowest BCUT2D eigenvalue weighted by Crippen LogP contribution is -2.41. The van der Waals surface area contributed by atoms with Crippen LogP contribution in [0.5, 0.6) is 0 Å². The molecule has 2 aromatic rings. The van der Waals surface area contributed by atoms with Gasteiger partial charge in [-0.15, -0.1) is 0 Å². The number of β-amino-alcohol motifs (C(OH)–C–C–N with tert-alkyl or cyclic N) is 1. The summed E-state index contributed by atoms with van der Waals surface area (Å²) in [6.45, 7) is 2.67. The second-order valence-corrected chi connectivity index (χ2v) is 9.56. The normalized spacial score (nSPS) is 20.3. The van der Waals surface area contributed by atoms with E-state index in [-0.39, 0.29) is 24.5 Å². The maximum Gasteiger partial charge on any atom is 0.253 e. The highest BCUT2D eigenvalue weighted by atomic mass is 16.5. The second kappa shape index (κ2) is 12.4. The van der Waals surface area contributed by atoms with Crippen LogP contribution in [-0.2, 0) is 14.3 Å². The SMILES string of the molecule is O=C1C=CC(=O)N1CCCCCCOC[C@H](O)CN1CCC[C@H]1C(O)c1ccc2ccccc2c1. The smallest absolute Gasteiger partial charge is 0.253 e. The quantitative estimate of drug-likeness (QED) is 0.338. The van der Waals surface area contributed by atoms with Crippen molar-refractivity contribution in [1.82, 2.24) is 9.80 Å². The topological polar surface area (TPSA) is 90.3 Å². The van der Waals surface area contributed by atoms with E-state index in [0.29, 0.717) is 19.7 Å². The van der Waals surface area contributed by atoms with E-state index in [1.807, 2.05) is 18.2 Å². The Morgan fingerprint density at radius 1 is 0.943 bits per heavy atom. The van der Waals surface area contributed by atoms with Crippen LogP contribution in [0.3, 0.4) is 0 Å². The van der Waals surface area contributed by atoms with Gasteiger partial charge in [-0.1, -0.05) is 49.2 Å². The lowest BCUT2D eigenvalue weighted by Gasteiger charge is -2.30. The van der Waals surface area contributed by atoms with E-state index in [4.69, 9.17) is 4.74 Å². The van der Waals surface area contributed by atoms with E-state index in [1.54, 1.807) is 0 Å². The summed E-state index contributed by atoms with van der Waals surface area (Å²) < 4.78 is 5.68. The summed E-state index contributed by atoms with van der Waals surface area (Å²) in [6.07, 6.45) is 6.90. The van der Waals surface area contributed by atoms with Crippen LogP contribution in [0.1, 0.15) is 50.2 Å². The molecule has 0 aromatic heterocycles. The maximum absolute atomic E-state index is 11.5. The molecule has 2 N–H and O–H groups in total. The number of carbonyl (C=O) groups is 2. The van der Waals surface area contributed by atoms with Gasteiger partial charge in [0.25, 0.3) is 11.8 Å². The van der Waals surface area contributed by atoms with Gasteiger partial charge in [-0.2, -0.15) is 0 Å². The van der Waals surface area contributed by atoms with Gasteiger partial charge in [-0.05, 0) is 54.6 Å². The highest BCUT2D eigenvalue weighted by Crippen LogP contribution is 2.31. The van der Waals surface area contributed by atoms with E-state index in [2.05, 4.69) is 29.2 Å². The molecule has 0 bridgehead atoms. The van der Waals surface area contributed by atoms with Crippen molar-refractivity contribution in [3.63, 3.8) is 0 Å². The summed E-state index contributed by atoms with van der Waals surface area (Å²) in [5.74, 6) is -0.449. The minimum absolute atomic E-state index is 0.00428. The number of aliphatic hydroxyl groups is 2. The standard InChI is InChI=1S/C28H36N2O5/c31-24(20-35-17-6-2-1-5-16-30-26(32)13-14-27(30)33)19-29-15-7-10-25(29)28(34)23-12-11-21-8-3-4-9-22(21)18-23/h3-4,8-9,11-14,18,24-25,28,31,34H,1-2,5-7,10,15-17,19-20H2/t24-,25+,28?/m1/s1. The van der Waals surface area contributed by atoms with Gasteiger partial charge in [0, 0.05) is 37.9 Å². The van der Waals surface area contributed by atoms with Crippen LogP contribution in [0, 0.1) is 0 Å².